The molecular weight excluding hydrogens is 691 g/mol. The van der Waals surface area contributed by atoms with Gasteiger partial charge in [0, 0.05) is 32.5 Å². The Kier molecular flexibility index (Phi) is 12.7. The number of carbonyl (C=O) groups is 2. The highest BCUT2D eigenvalue weighted by molar-refractivity contribution is 7.27. The van der Waals surface area contributed by atoms with E-state index in [1.807, 2.05) is 11.3 Å². The number of benzene rings is 1. The van der Waals surface area contributed by atoms with Gasteiger partial charge in [0.1, 0.15) is 11.5 Å². The molecule has 1 aliphatic rings. The monoisotopic (exact) mass is 751 g/mol. The maximum atomic E-state index is 13.8. The number of hydrogen-bond donors (Lipinski definition) is 0. The van der Waals surface area contributed by atoms with Crippen LogP contribution >= 0.6 is 34.0 Å². The molecule has 1 aliphatic heterocycles. The third kappa shape index (κ3) is 7.66. The molecule has 5 nitrogen and oxygen atoms in total. The van der Waals surface area contributed by atoms with Crippen molar-refractivity contribution >= 4 is 66.0 Å². The summed E-state index contributed by atoms with van der Waals surface area (Å²) in [6, 6.07) is 4.60. The summed E-state index contributed by atoms with van der Waals surface area (Å²) < 4.78 is 16.2. The Bertz CT molecular complexity index is 1780. The van der Waals surface area contributed by atoms with Gasteiger partial charge in [0.15, 0.2) is 0 Å². The molecule has 0 N–H and O–H groups in total. The normalized spacial score (nSPS) is 15.0. The van der Waals surface area contributed by atoms with Crippen LogP contribution in [0.2, 0.25) is 0 Å². The maximum Gasteiger partial charge on any atom is 0.262 e. The van der Waals surface area contributed by atoms with Gasteiger partial charge in [0.2, 0.25) is 0 Å². The maximum absolute atomic E-state index is 13.8. The summed E-state index contributed by atoms with van der Waals surface area (Å²) in [5.74, 6) is 2.45. The van der Waals surface area contributed by atoms with Gasteiger partial charge in [0.05, 0.1) is 38.6 Å². The van der Waals surface area contributed by atoms with E-state index in [4.69, 9.17) is 9.47 Å². The summed E-state index contributed by atoms with van der Waals surface area (Å²) in [5, 5.41) is 2.19. The minimum Gasteiger partial charge on any atom is -0.491 e. The van der Waals surface area contributed by atoms with Crippen molar-refractivity contribution in [2.45, 2.75) is 144 Å². The molecule has 2 amide bonds. The molecule has 0 bridgehead atoms. The largest absolute Gasteiger partial charge is 0.491 e. The Morgan fingerprint density at radius 2 is 1.20 bits per heavy atom. The van der Waals surface area contributed by atoms with E-state index in [2.05, 4.69) is 81.4 Å². The van der Waals surface area contributed by atoms with E-state index in [-0.39, 0.29) is 22.6 Å². The lowest BCUT2D eigenvalue weighted by molar-refractivity contribution is 0.0692. The average molecular weight is 752 g/mol. The van der Waals surface area contributed by atoms with Crippen LogP contribution in [-0.4, -0.2) is 37.0 Å². The molecule has 3 aromatic heterocycles. The second kappa shape index (κ2) is 16.3. The molecule has 280 valence electrons. The molecular formula is C43H61NO4S3. The number of rotatable bonds is 19. The minimum atomic E-state index is -0.236. The lowest BCUT2D eigenvalue weighted by Gasteiger charge is -2.22. The first kappa shape index (κ1) is 39.8. The van der Waals surface area contributed by atoms with Gasteiger partial charge >= 0.3 is 0 Å². The summed E-state index contributed by atoms with van der Waals surface area (Å²) in [7, 11) is 1.61. The van der Waals surface area contributed by atoms with Crippen LogP contribution in [-0.2, 0) is 10.8 Å². The zero-order valence-electron chi connectivity index (χ0n) is 33.1. The van der Waals surface area contributed by atoms with Crippen molar-refractivity contribution in [2.24, 2.45) is 11.8 Å². The highest BCUT2D eigenvalue weighted by Gasteiger charge is 2.43. The number of imide groups is 1. The van der Waals surface area contributed by atoms with Gasteiger partial charge in [-0.25, -0.2) is 0 Å². The van der Waals surface area contributed by atoms with E-state index in [1.165, 1.54) is 35.5 Å². The van der Waals surface area contributed by atoms with Crippen LogP contribution in [0.1, 0.15) is 164 Å². The van der Waals surface area contributed by atoms with Crippen molar-refractivity contribution in [1.82, 2.24) is 4.90 Å². The second-order valence-corrected chi connectivity index (χ2v) is 19.1. The van der Waals surface area contributed by atoms with Gasteiger partial charge in [-0.1, -0.05) is 108 Å². The molecule has 0 spiro atoms. The molecule has 0 saturated carbocycles. The van der Waals surface area contributed by atoms with Gasteiger partial charge in [-0.3, -0.25) is 14.5 Å². The lowest BCUT2D eigenvalue weighted by atomic mass is 9.85. The molecule has 2 atom stereocenters. The van der Waals surface area contributed by atoms with Crippen LogP contribution in [0.4, 0.5) is 0 Å². The summed E-state index contributed by atoms with van der Waals surface area (Å²) in [4.78, 5) is 32.8. The number of unbranched alkanes of at least 4 members (excludes halogenated alkanes) is 2. The predicted octanol–water partition coefficient (Wildman–Crippen LogP) is 13.6. The standard InChI is InChI=1S/C43H61NO4S3/c1-12-18-20-26(14-3)24-47-34-28-22-30(38-32-33(41(46)44(11)40(32)45)39(51-38)43(9,10)17-6)49-36(28)35(48-25-27(15-4)21-19-13-2)29-23-31(50-37(29)34)42(7,8)16-5/h22-23,26-27H,12-21,24-25H2,1-11H3. The van der Waals surface area contributed by atoms with E-state index in [9.17, 15) is 9.59 Å². The highest BCUT2D eigenvalue weighted by atomic mass is 32.1. The third-order valence-corrected chi connectivity index (χ3v) is 16.0. The van der Waals surface area contributed by atoms with Crippen LogP contribution in [0.25, 0.3) is 29.9 Å². The molecule has 8 heteroatoms. The molecule has 0 saturated heterocycles. The average Bonchev–Trinajstić information content (AvgIpc) is 3.90. The zero-order chi connectivity index (χ0) is 37.2. The van der Waals surface area contributed by atoms with Crippen LogP contribution < -0.4 is 9.47 Å². The topological polar surface area (TPSA) is 55.8 Å². The number of hydrogen-bond acceptors (Lipinski definition) is 7. The van der Waals surface area contributed by atoms with Gasteiger partial charge in [-0.2, -0.15) is 0 Å². The lowest BCUT2D eigenvalue weighted by Crippen LogP contribution is -2.26. The fraction of sp³-hybridized carbons (Fsp3) is 0.628. The molecule has 5 rings (SSSR count). The van der Waals surface area contributed by atoms with Crippen molar-refractivity contribution in [2.75, 3.05) is 20.3 Å². The molecule has 51 heavy (non-hydrogen) atoms. The summed E-state index contributed by atoms with van der Waals surface area (Å²) in [6.45, 7) is 23.8. The third-order valence-electron chi connectivity index (χ3n) is 11.6. The number of amides is 2. The Morgan fingerprint density at radius 3 is 1.71 bits per heavy atom. The van der Waals surface area contributed by atoms with Crippen LogP contribution in [0.3, 0.4) is 0 Å². The molecule has 1 aromatic carbocycles. The number of ether oxygens (including phenoxy) is 2. The SMILES string of the molecule is CCCCC(CC)COc1c2cc(C(C)(C)CC)sc2c(OCC(CC)CCCC)c2cc(-c3sc(C(C)(C)CC)c4c3C(=O)N(C)C4=O)sc12. The fourth-order valence-corrected chi connectivity index (χ4v) is 11.0. The Labute approximate surface area is 319 Å². The van der Waals surface area contributed by atoms with Crippen LogP contribution in [0.5, 0.6) is 11.5 Å². The molecule has 0 aliphatic carbocycles. The highest BCUT2D eigenvalue weighted by Crippen LogP contribution is 2.55. The van der Waals surface area contributed by atoms with Crippen LogP contribution in [0.15, 0.2) is 12.1 Å². The zero-order valence-corrected chi connectivity index (χ0v) is 35.5. The van der Waals surface area contributed by atoms with Crippen LogP contribution in [0, 0.1) is 11.8 Å². The Morgan fingerprint density at radius 1 is 0.686 bits per heavy atom. The van der Waals surface area contributed by atoms with E-state index >= 15 is 0 Å². The molecule has 0 radical (unpaired) electrons. The van der Waals surface area contributed by atoms with Gasteiger partial charge in [0.25, 0.3) is 11.8 Å². The van der Waals surface area contributed by atoms with Crippen molar-refractivity contribution in [1.29, 1.82) is 0 Å². The smallest absolute Gasteiger partial charge is 0.262 e. The fourth-order valence-electron chi connectivity index (χ4n) is 6.88. The number of thiophene rings is 3. The first-order valence-corrected chi connectivity index (χ1v) is 22.0. The summed E-state index contributed by atoms with van der Waals surface area (Å²) in [5.41, 5.74) is 0.941. The first-order chi connectivity index (χ1) is 24.3. The van der Waals surface area contributed by atoms with E-state index < -0.39 is 0 Å². The molecule has 4 aromatic rings. The molecule has 2 unspecified atom stereocenters. The molecule has 0 fully saturated rings. The van der Waals surface area contributed by atoms with E-state index in [0.717, 1.165) is 84.8 Å². The van der Waals surface area contributed by atoms with Gasteiger partial charge in [-0.15, -0.1) is 34.0 Å². The number of fused-ring (bicyclic) bond motifs is 3. The minimum absolute atomic E-state index is 0.0237. The van der Waals surface area contributed by atoms with Gasteiger partial charge in [-0.05, 0) is 60.5 Å². The predicted molar refractivity (Wildman–Crippen MR) is 221 cm³/mol. The van der Waals surface area contributed by atoms with Crippen molar-refractivity contribution in [3.63, 3.8) is 0 Å². The second-order valence-electron chi connectivity index (χ2n) is 16.0. The Hall–Kier alpha value is -2.42. The first-order valence-electron chi connectivity index (χ1n) is 19.6. The quantitative estimate of drug-likeness (QED) is 0.0895. The van der Waals surface area contributed by atoms with Crippen molar-refractivity contribution < 1.29 is 19.1 Å². The van der Waals surface area contributed by atoms with Crippen molar-refractivity contribution in [3.05, 3.63) is 33.0 Å². The van der Waals surface area contributed by atoms with E-state index in [1.54, 1.807) is 29.7 Å². The molecule has 4 heterocycles. The number of carbonyl (C=O) groups excluding carboxylic acids is 2. The van der Waals surface area contributed by atoms with Gasteiger partial charge < -0.3 is 9.47 Å². The Balaban J connectivity index is 1.78. The summed E-state index contributed by atoms with van der Waals surface area (Å²) in [6.07, 6.45) is 11.2. The van der Waals surface area contributed by atoms with E-state index in [0.29, 0.717) is 36.2 Å². The van der Waals surface area contributed by atoms with Crippen molar-refractivity contribution in [3.8, 4) is 21.3 Å². The summed E-state index contributed by atoms with van der Waals surface area (Å²) >= 11 is 5.16. The number of nitrogens with zero attached hydrogens (tertiary/aromatic N) is 1.